The Morgan fingerprint density at radius 1 is 0.0556 bits per heavy atom. The van der Waals surface area contributed by atoms with Crippen molar-refractivity contribution in [3.63, 3.8) is 0 Å². The molecule has 0 radical (unpaired) electrons. The van der Waals surface area contributed by atoms with E-state index in [0.29, 0.717) is 157 Å². The van der Waals surface area contributed by atoms with Gasteiger partial charge in [0.2, 0.25) is 0 Å². The topological polar surface area (TPSA) is 550 Å². The summed E-state index contributed by atoms with van der Waals surface area (Å²) >= 11 is 0. The smallest absolute Gasteiger partial charge is 0.0558 e. The summed E-state index contributed by atoms with van der Waals surface area (Å²) in [5, 5.41) is 232. The van der Waals surface area contributed by atoms with Gasteiger partial charge in [0, 0.05) is 183 Å². The maximum absolute atomic E-state index is 9.79. The maximum atomic E-state index is 9.79. The molecule has 44 nitrogen and oxygen atoms in total. The number of hydrogen-bond donors (Lipinski definition) is 24. The fraction of sp³-hybridized carbons (Fsp3) is 1.00. The quantitative estimate of drug-likeness (QED) is 0.0269. The highest BCUT2D eigenvalue weighted by Gasteiger charge is 2.22. The summed E-state index contributed by atoms with van der Waals surface area (Å²) in [7, 11) is 0. The summed E-state index contributed by atoms with van der Waals surface area (Å²) in [5.74, 6) is 0. The summed E-state index contributed by atoms with van der Waals surface area (Å²) in [6.07, 6.45) is 14.2. The Labute approximate surface area is 870 Å². The van der Waals surface area contributed by atoms with E-state index in [9.17, 15) is 123 Å². The first kappa shape index (κ1) is 144. The fourth-order valence-electron chi connectivity index (χ4n) is 19.0. The van der Waals surface area contributed by atoms with Crippen LogP contribution >= 0.6 is 0 Å². The molecule has 0 aromatic carbocycles. The summed E-state index contributed by atoms with van der Waals surface area (Å²) in [6.45, 7) is 42.8. The summed E-state index contributed by atoms with van der Waals surface area (Å²) in [4.78, 5) is 45.3. The lowest BCUT2D eigenvalue weighted by Gasteiger charge is -2.32. The van der Waals surface area contributed by atoms with Crippen LogP contribution in [0.2, 0.25) is 0 Å². The molecular weight excluding hydrogens is 1870 g/mol. The molecule has 0 bridgehead atoms. The van der Waals surface area contributed by atoms with Crippen molar-refractivity contribution >= 4 is 0 Å². The number of aliphatic hydroxyl groups excluding tert-OH is 24. The van der Waals surface area contributed by atoms with Crippen LogP contribution in [-0.2, 0) is 0 Å². The Hall–Kier alpha value is -1.76. The molecule has 0 aromatic rings. The van der Waals surface area contributed by atoms with Gasteiger partial charge in [0.05, 0.1) is 159 Å². The minimum Gasteiger partial charge on any atom is -0.395 e. The van der Waals surface area contributed by atoms with Gasteiger partial charge in [-0.05, 0) is 312 Å². The zero-order chi connectivity index (χ0) is 106. The van der Waals surface area contributed by atoms with E-state index in [4.69, 9.17) is 0 Å². The summed E-state index contributed by atoms with van der Waals surface area (Å²) in [6, 6.07) is 0. The third-order valence-electron chi connectivity index (χ3n) is 26.6. The lowest BCUT2D eigenvalue weighted by Crippen LogP contribution is -2.41. The first-order chi connectivity index (χ1) is 70.5. The first-order valence-corrected chi connectivity index (χ1v) is 55.6. The van der Waals surface area contributed by atoms with Crippen LogP contribution in [0.4, 0.5) is 0 Å². The molecule has 0 aliphatic carbocycles. The van der Waals surface area contributed by atoms with Crippen molar-refractivity contribution in [3.8, 4) is 0 Å². The van der Waals surface area contributed by atoms with Crippen LogP contribution in [0.15, 0.2) is 0 Å². The molecule has 0 rings (SSSR count). The van der Waals surface area contributed by atoms with E-state index in [1.54, 1.807) is 0 Å². The van der Waals surface area contributed by atoms with Crippen LogP contribution in [0.1, 0.15) is 103 Å². The van der Waals surface area contributed by atoms with Crippen LogP contribution in [0.3, 0.4) is 0 Å². The summed E-state index contributed by atoms with van der Waals surface area (Å²) in [5.41, 5.74) is 0. The van der Waals surface area contributed by atoms with Crippen LogP contribution in [-0.4, -0.2) is 772 Å². The molecule has 0 fully saturated rings. The van der Waals surface area contributed by atoms with Crippen molar-refractivity contribution < 1.29 is 123 Å². The minimum absolute atomic E-state index is 0.0205. The Balaban J connectivity index is 0. The lowest BCUT2D eigenvalue weighted by atomic mass is 10.2. The minimum atomic E-state index is 0.0205. The van der Waals surface area contributed by atoms with Crippen molar-refractivity contribution in [1.29, 1.82) is 0 Å². The average molecular weight is 2090 g/mol. The Morgan fingerprint density at radius 2 is 0.0972 bits per heavy atom. The molecule has 0 amide bonds. The molecular formula is C100H224N20O24. The van der Waals surface area contributed by atoms with Crippen LogP contribution in [0, 0.1) is 0 Å². The molecule has 144 heavy (non-hydrogen) atoms. The molecule has 868 valence electrons. The van der Waals surface area contributed by atoms with Crippen LogP contribution < -0.4 is 0 Å². The van der Waals surface area contributed by atoms with E-state index < -0.39 is 0 Å². The highest BCUT2D eigenvalue weighted by Crippen LogP contribution is 2.13. The zero-order valence-electron chi connectivity index (χ0n) is 90.4. The number of aliphatic hydroxyl groups is 24. The molecule has 0 spiro atoms. The normalized spacial score (nSPS) is 12.6. The standard InChI is InChI=1S/C70H156N14O16.C30H68N6O8/c85-55-39-77(40-56-86)29-5-17-71(18-6-30-78(41-57-87)42-58-88)13-1-25-75(26-2-14-72(19-7-31-79(43-59-89)44-60-90)20-8-32-80(45-61-91)46-62-92)37-38-76(27-3-15-73(21-9-33-81(47-63-93)48-64-94)22-10-34-82(49-65-95)50-66-96)28-4-16-74(23-11-35-83(51-67-97)52-68-98)24-12-36-84(53-69-99)54-70-100;37-23-15-33(16-24-38)9-1-5-31(6-2-10-34(17-25-39)18-26-40)13-14-32(7-3-11-35(19-27-41)20-28-42)8-4-12-36(21-29-43)22-30-44/h85-100H,1-70H2;37-44H,1-30H2. The molecule has 0 aliphatic heterocycles. The van der Waals surface area contributed by atoms with Gasteiger partial charge < -0.3 is 162 Å². The molecule has 0 saturated carbocycles. The zero-order valence-corrected chi connectivity index (χ0v) is 90.4. The Morgan fingerprint density at radius 3 is 0.146 bits per heavy atom. The highest BCUT2D eigenvalue weighted by atomic mass is 16.3. The fourth-order valence-corrected chi connectivity index (χ4v) is 19.0. The van der Waals surface area contributed by atoms with Gasteiger partial charge in [0.15, 0.2) is 0 Å². The predicted molar refractivity (Wildman–Crippen MR) is 573 cm³/mol. The van der Waals surface area contributed by atoms with Crippen molar-refractivity contribution in [2.45, 2.75) is 103 Å². The lowest BCUT2D eigenvalue weighted by molar-refractivity contribution is 0.132. The predicted octanol–water partition coefficient (Wildman–Crippen LogP) is -9.93. The van der Waals surface area contributed by atoms with Gasteiger partial charge in [-0.25, -0.2) is 0 Å². The van der Waals surface area contributed by atoms with Gasteiger partial charge in [0.1, 0.15) is 0 Å². The summed E-state index contributed by atoms with van der Waals surface area (Å²) < 4.78 is 0. The van der Waals surface area contributed by atoms with E-state index >= 15 is 0 Å². The monoisotopic (exact) mass is 2090 g/mol. The molecule has 0 atom stereocenters. The largest absolute Gasteiger partial charge is 0.395 e. The van der Waals surface area contributed by atoms with E-state index in [1.807, 2.05) is 0 Å². The molecule has 0 aliphatic rings. The average Bonchev–Trinajstić information content (AvgIpc) is 0.929. The number of hydrogen-bond acceptors (Lipinski definition) is 44. The second kappa shape index (κ2) is 111. The Bertz CT molecular complexity index is 2040. The molecule has 24 N–H and O–H groups in total. The van der Waals surface area contributed by atoms with Crippen molar-refractivity contribution in [2.75, 3.05) is 551 Å². The van der Waals surface area contributed by atoms with Crippen LogP contribution in [0.25, 0.3) is 0 Å². The van der Waals surface area contributed by atoms with Crippen LogP contribution in [0.5, 0.6) is 0 Å². The molecule has 0 unspecified atom stereocenters. The molecule has 0 aromatic heterocycles. The van der Waals surface area contributed by atoms with Gasteiger partial charge in [-0.15, -0.1) is 0 Å². The number of nitrogens with zero attached hydrogens (tertiary/aromatic N) is 20. The SMILES string of the molecule is OCCN(CCO)CCCN(CCCN(CCO)CCO)CCCN(CCCN(CCCN(CCO)CCO)CCCN(CCO)CCO)CCN(CCCN(CCCN(CCO)CCO)CCCN(CCO)CCO)CCCN(CCCN(CCO)CCO)CCCN(CCO)CCO.OCCN(CCO)CCCN(CCCN(CCO)CCO)CCN(CCCN(CCO)CCO)CCCN(CCO)CCO. The van der Waals surface area contributed by atoms with Gasteiger partial charge in [-0.1, -0.05) is 0 Å². The second-order valence-corrected chi connectivity index (χ2v) is 37.9. The van der Waals surface area contributed by atoms with E-state index in [2.05, 4.69) is 98.0 Å². The third-order valence-corrected chi connectivity index (χ3v) is 26.6. The number of rotatable bonds is 118. The van der Waals surface area contributed by atoms with Crippen molar-refractivity contribution in [3.05, 3.63) is 0 Å². The van der Waals surface area contributed by atoms with Gasteiger partial charge in [-0.3, -0.25) is 58.8 Å². The van der Waals surface area contributed by atoms with Crippen molar-refractivity contribution in [2.24, 2.45) is 0 Å². The Kier molecular flexibility index (Phi) is 111. The van der Waals surface area contributed by atoms with E-state index in [-0.39, 0.29) is 159 Å². The van der Waals surface area contributed by atoms with Gasteiger partial charge >= 0.3 is 0 Å². The van der Waals surface area contributed by atoms with Gasteiger partial charge in [-0.2, -0.15) is 0 Å². The van der Waals surface area contributed by atoms with Gasteiger partial charge in [0.25, 0.3) is 0 Å². The van der Waals surface area contributed by atoms with E-state index in [1.165, 1.54) is 0 Å². The van der Waals surface area contributed by atoms with Crippen molar-refractivity contribution in [1.82, 2.24) is 98.0 Å². The first-order valence-electron chi connectivity index (χ1n) is 55.6. The highest BCUT2D eigenvalue weighted by molar-refractivity contribution is 4.78. The molecule has 0 heterocycles. The maximum Gasteiger partial charge on any atom is 0.0558 e. The van der Waals surface area contributed by atoms with E-state index in [0.717, 1.165) is 338 Å². The molecule has 44 heteroatoms. The third kappa shape index (κ3) is 87.5. The molecule has 0 saturated heterocycles. The second-order valence-electron chi connectivity index (χ2n) is 37.9.